The molecule has 0 heterocycles. The van der Waals surface area contributed by atoms with Crippen molar-refractivity contribution in [1.82, 2.24) is 4.31 Å². The van der Waals surface area contributed by atoms with Gasteiger partial charge in [0.1, 0.15) is 0 Å². The van der Waals surface area contributed by atoms with Gasteiger partial charge in [0.05, 0.1) is 12.4 Å². The number of hydrogen-bond donors (Lipinski definition) is 1. The Morgan fingerprint density at radius 2 is 2.08 bits per heavy atom. The second-order valence-corrected chi connectivity index (χ2v) is 5.39. The minimum absolute atomic E-state index is 0.111. The monoisotopic (exact) mass is 193 g/mol. The lowest BCUT2D eigenvalue weighted by atomic mass is 10.5. The Kier molecular flexibility index (Phi) is 3.09. The molecule has 5 heteroatoms. The lowest BCUT2D eigenvalue weighted by molar-refractivity contribution is 0.266. The largest absolute Gasteiger partial charge is 0.395 e. The molecule has 1 rings (SSSR count). The summed E-state index contributed by atoms with van der Waals surface area (Å²) in [5, 5.41) is 8.54. The molecule has 0 aliphatic heterocycles. The summed E-state index contributed by atoms with van der Waals surface area (Å²) in [6.07, 6.45) is 2.07. The van der Waals surface area contributed by atoms with E-state index in [0.29, 0.717) is 5.92 Å². The second-order valence-electron chi connectivity index (χ2n) is 3.27. The van der Waals surface area contributed by atoms with Crippen LogP contribution in [0, 0.1) is 5.92 Å². The maximum absolute atomic E-state index is 11.4. The number of aliphatic hydroxyl groups excluding tert-OH is 1. The Morgan fingerprint density at radius 3 is 2.50 bits per heavy atom. The summed E-state index contributed by atoms with van der Waals surface area (Å²) in [5.74, 6) is 0.625. The van der Waals surface area contributed by atoms with Gasteiger partial charge in [-0.05, 0) is 18.8 Å². The molecule has 1 fully saturated rings. The molecule has 0 unspecified atom stereocenters. The third-order valence-corrected chi connectivity index (χ3v) is 4.06. The average Bonchev–Trinajstić information content (AvgIpc) is 2.71. The van der Waals surface area contributed by atoms with Crippen LogP contribution >= 0.6 is 0 Å². The Bertz CT molecular complexity index is 233. The number of rotatable bonds is 5. The first kappa shape index (κ1) is 9.95. The van der Waals surface area contributed by atoms with Crippen molar-refractivity contribution in [2.45, 2.75) is 12.8 Å². The molecular formula is C7H15NO3S. The molecule has 0 spiro atoms. The van der Waals surface area contributed by atoms with Crippen LogP contribution in [0.3, 0.4) is 0 Å². The van der Waals surface area contributed by atoms with Crippen LogP contribution in [0.4, 0.5) is 0 Å². The summed E-state index contributed by atoms with van der Waals surface area (Å²) in [7, 11) is -1.58. The van der Waals surface area contributed by atoms with E-state index in [1.54, 1.807) is 0 Å². The molecule has 1 aliphatic carbocycles. The Morgan fingerprint density at radius 1 is 1.50 bits per heavy atom. The molecule has 4 nitrogen and oxygen atoms in total. The summed E-state index contributed by atoms with van der Waals surface area (Å²) in [6, 6.07) is 0. The molecule has 12 heavy (non-hydrogen) atoms. The molecule has 1 saturated carbocycles. The third kappa shape index (κ3) is 2.73. The first-order chi connectivity index (χ1) is 5.56. The van der Waals surface area contributed by atoms with Gasteiger partial charge in [-0.25, -0.2) is 12.7 Å². The predicted molar refractivity (Wildman–Crippen MR) is 46.2 cm³/mol. The van der Waals surface area contributed by atoms with Crippen molar-refractivity contribution in [3.05, 3.63) is 0 Å². The molecule has 1 aliphatic rings. The van der Waals surface area contributed by atoms with Crippen molar-refractivity contribution in [1.29, 1.82) is 0 Å². The first-order valence-corrected chi connectivity index (χ1v) is 5.72. The zero-order valence-electron chi connectivity index (χ0n) is 7.23. The lowest BCUT2D eigenvalue weighted by Crippen LogP contribution is -2.32. The van der Waals surface area contributed by atoms with Crippen LogP contribution in [0.15, 0.2) is 0 Å². The van der Waals surface area contributed by atoms with Crippen molar-refractivity contribution in [3.8, 4) is 0 Å². The highest BCUT2D eigenvalue weighted by atomic mass is 32.2. The van der Waals surface area contributed by atoms with Crippen LogP contribution in [0.25, 0.3) is 0 Å². The molecule has 72 valence electrons. The van der Waals surface area contributed by atoms with E-state index >= 15 is 0 Å². The average molecular weight is 193 g/mol. The highest BCUT2D eigenvalue weighted by Gasteiger charge is 2.29. The van der Waals surface area contributed by atoms with Crippen LogP contribution in [0.2, 0.25) is 0 Å². The zero-order chi connectivity index (χ0) is 9.19. The van der Waals surface area contributed by atoms with Gasteiger partial charge in [0, 0.05) is 13.6 Å². The highest BCUT2D eigenvalue weighted by Crippen LogP contribution is 2.30. The smallest absolute Gasteiger partial charge is 0.214 e. The Balaban J connectivity index is 2.44. The normalized spacial score (nSPS) is 18.6. The van der Waals surface area contributed by atoms with Gasteiger partial charge in [0.2, 0.25) is 10.0 Å². The number of aliphatic hydroxyl groups is 1. The summed E-state index contributed by atoms with van der Waals surface area (Å²) in [4.78, 5) is 0. The van der Waals surface area contributed by atoms with Crippen LogP contribution in [-0.2, 0) is 10.0 Å². The van der Waals surface area contributed by atoms with Crippen molar-refractivity contribution < 1.29 is 13.5 Å². The number of hydrogen-bond acceptors (Lipinski definition) is 3. The highest BCUT2D eigenvalue weighted by molar-refractivity contribution is 7.89. The quantitative estimate of drug-likeness (QED) is 0.649. The Labute approximate surface area is 73.2 Å². The zero-order valence-corrected chi connectivity index (χ0v) is 8.05. The van der Waals surface area contributed by atoms with Gasteiger partial charge < -0.3 is 5.11 Å². The van der Waals surface area contributed by atoms with Crippen molar-refractivity contribution in [3.63, 3.8) is 0 Å². The van der Waals surface area contributed by atoms with E-state index in [1.807, 2.05) is 0 Å². The van der Waals surface area contributed by atoms with E-state index in [1.165, 1.54) is 11.4 Å². The summed E-state index contributed by atoms with van der Waals surface area (Å²) in [5.41, 5.74) is 0. The van der Waals surface area contributed by atoms with Gasteiger partial charge in [0.25, 0.3) is 0 Å². The minimum Gasteiger partial charge on any atom is -0.395 e. The van der Waals surface area contributed by atoms with Crippen LogP contribution in [0.5, 0.6) is 0 Å². The fourth-order valence-corrected chi connectivity index (χ4v) is 2.53. The minimum atomic E-state index is -3.09. The number of nitrogens with zero attached hydrogens (tertiary/aromatic N) is 1. The van der Waals surface area contributed by atoms with Gasteiger partial charge in [-0.15, -0.1) is 0 Å². The molecular weight excluding hydrogens is 178 g/mol. The summed E-state index contributed by atoms with van der Waals surface area (Å²) >= 11 is 0. The standard InChI is InChI=1S/C7H15NO3S/c1-8(4-5-9)12(10,11)6-7-2-3-7/h7,9H,2-6H2,1H3. The van der Waals surface area contributed by atoms with Crippen molar-refractivity contribution in [2.75, 3.05) is 26.0 Å². The topological polar surface area (TPSA) is 57.6 Å². The third-order valence-electron chi connectivity index (χ3n) is 2.03. The van der Waals surface area contributed by atoms with Crippen molar-refractivity contribution >= 4 is 10.0 Å². The van der Waals surface area contributed by atoms with Gasteiger partial charge in [0.15, 0.2) is 0 Å². The molecule has 0 aromatic rings. The van der Waals surface area contributed by atoms with E-state index in [-0.39, 0.29) is 18.9 Å². The predicted octanol–water partition coefficient (Wildman–Crippen LogP) is -0.350. The SMILES string of the molecule is CN(CCO)S(=O)(=O)CC1CC1. The molecule has 1 N–H and O–H groups in total. The van der Waals surface area contributed by atoms with E-state index in [0.717, 1.165) is 12.8 Å². The fourth-order valence-electron chi connectivity index (χ4n) is 0.990. The molecule has 0 atom stereocenters. The van der Waals surface area contributed by atoms with Crippen molar-refractivity contribution in [2.24, 2.45) is 5.92 Å². The molecule has 0 amide bonds. The first-order valence-electron chi connectivity index (χ1n) is 4.11. The molecule has 0 radical (unpaired) electrons. The fraction of sp³-hybridized carbons (Fsp3) is 1.00. The maximum Gasteiger partial charge on any atom is 0.214 e. The lowest BCUT2D eigenvalue weighted by Gasteiger charge is -2.14. The molecule has 0 bridgehead atoms. The molecule has 0 aromatic heterocycles. The summed E-state index contributed by atoms with van der Waals surface area (Å²) < 4.78 is 24.0. The Hall–Kier alpha value is -0.130. The van der Waals surface area contributed by atoms with Gasteiger partial charge in [-0.1, -0.05) is 0 Å². The molecule has 0 aromatic carbocycles. The van der Waals surface area contributed by atoms with Crippen LogP contribution in [-0.4, -0.2) is 43.8 Å². The maximum atomic E-state index is 11.4. The van der Waals surface area contributed by atoms with E-state index < -0.39 is 10.0 Å². The summed E-state index contributed by atoms with van der Waals surface area (Å²) in [6.45, 7) is 0.0927. The second kappa shape index (κ2) is 3.72. The molecule has 0 saturated heterocycles. The van der Waals surface area contributed by atoms with Gasteiger partial charge >= 0.3 is 0 Å². The van der Waals surface area contributed by atoms with E-state index in [2.05, 4.69) is 0 Å². The van der Waals surface area contributed by atoms with E-state index in [9.17, 15) is 8.42 Å². The van der Waals surface area contributed by atoms with E-state index in [4.69, 9.17) is 5.11 Å². The number of sulfonamides is 1. The van der Waals surface area contributed by atoms with Crippen LogP contribution in [0.1, 0.15) is 12.8 Å². The number of likely N-dealkylation sites (N-methyl/N-ethyl adjacent to an activating group) is 1. The van der Waals surface area contributed by atoms with Gasteiger partial charge in [-0.3, -0.25) is 0 Å². The van der Waals surface area contributed by atoms with Gasteiger partial charge in [-0.2, -0.15) is 0 Å². The van der Waals surface area contributed by atoms with Crippen LogP contribution < -0.4 is 0 Å².